The second-order valence-corrected chi connectivity index (χ2v) is 5.10. The van der Waals surface area contributed by atoms with Crippen LogP contribution in [-0.4, -0.2) is 18.5 Å². The van der Waals surface area contributed by atoms with Crippen molar-refractivity contribution in [1.29, 1.82) is 0 Å². The predicted molar refractivity (Wildman–Crippen MR) is 69.1 cm³/mol. The molecule has 16 heavy (non-hydrogen) atoms. The third kappa shape index (κ3) is 7.69. The van der Waals surface area contributed by atoms with Gasteiger partial charge < -0.3 is 11.1 Å². The largest absolute Gasteiger partial charge is 0.354 e. The second kappa shape index (κ2) is 8.57. The Hall–Kier alpha value is -0.570. The minimum atomic E-state index is 0.163. The van der Waals surface area contributed by atoms with Crippen molar-refractivity contribution in [2.24, 2.45) is 17.6 Å². The summed E-state index contributed by atoms with van der Waals surface area (Å²) in [6, 6.07) is 0.288. The molecule has 3 nitrogen and oxygen atoms in total. The minimum absolute atomic E-state index is 0.163. The molecule has 0 saturated carbocycles. The highest BCUT2D eigenvalue weighted by Gasteiger charge is 2.11. The van der Waals surface area contributed by atoms with Crippen molar-refractivity contribution in [2.45, 2.75) is 59.4 Å². The van der Waals surface area contributed by atoms with Crippen LogP contribution < -0.4 is 11.1 Å². The summed E-state index contributed by atoms with van der Waals surface area (Å²) in [6.07, 6.45) is 3.72. The van der Waals surface area contributed by atoms with E-state index in [1.165, 1.54) is 6.42 Å². The van der Waals surface area contributed by atoms with Crippen LogP contribution in [0.15, 0.2) is 0 Å². The van der Waals surface area contributed by atoms with Gasteiger partial charge in [0.2, 0.25) is 5.91 Å². The molecule has 1 amide bonds. The molecular formula is C13H28N2O. The molecule has 3 unspecified atom stereocenters. The number of carbonyl (C=O) groups is 1. The van der Waals surface area contributed by atoms with E-state index < -0.39 is 0 Å². The molecule has 0 spiro atoms. The van der Waals surface area contributed by atoms with Gasteiger partial charge in [-0.15, -0.1) is 0 Å². The molecule has 0 bridgehead atoms. The van der Waals surface area contributed by atoms with Gasteiger partial charge in [-0.3, -0.25) is 4.79 Å². The number of rotatable bonds is 8. The van der Waals surface area contributed by atoms with Crippen LogP contribution in [0.4, 0.5) is 0 Å². The van der Waals surface area contributed by atoms with Crippen LogP contribution in [0.2, 0.25) is 0 Å². The zero-order valence-corrected chi connectivity index (χ0v) is 11.3. The third-order valence-electron chi connectivity index (χ3n) is 3.13. The average molecular weight is 228 g/mol. The van der Waals surface area contributed by atoms with E-state index in [2.05, 4.69) is 33.0 Å². The molecule has 0 aliphatic rings. The van der Waals surface area contributed by atoms with Crippen molar-refractivity contribution in [2.75, 3.05) is 6.54 Å². The van der Waals surface area contributed by atoms with E-state index >= 15 is 0 Å². The summed E-state index contributed by atoms with van der Waals surface area (Å²) in [5.74, 6) is 1.28. The minimum Gasteiger partial charge on any atom is -0.354 e. The van der Waals surface area contributed by atoms with Gasteiger partial charge in [-0.05, 0) is 38.1 Å². The fourth-order valence-electron chi connectivity index (χ4n) is 1.67. The van der Waals surface area contributed by atoms with Gasteiger partial charge in [-0.1, -0.05) is 27.2 Å². The lowest BCUT2D eigenvalue weighted by Gasteiger charge is -2.18. The number of hydrogen-bond donors (Lipinski definition) is 2. The van der Waals surface area contributed by atoms with Crippen LogP contribution in [0.25, 0.3) is 0 Å². The first kappa shape index (κ1) is 15.4. The maximum absolute atomic E-state index is 11.6. The highest BCUT2D eigenvalue weighted by atomic mass is 16.1. The molecule has 0 aromatic rings. The van der Waals surface area contributed by atoms with Crippen molar-refractivity contribution < 1.29 is 4.79 Å². The van der Waals surface area contributed by atoms with E-state index in [1.807, 2.05) is 0 Å². The van der Waals surface area contributed by atoms with E-state index in [1.54, 1.807) is 0 Å². The Morgan fingerprint density at radius 1 is 1.25 bits per heavy atom. The monoisotopic (exact) mass is 228 g/mol. The van der Waals surface area contributed by atoms with Crippen LogP contribution in [0.1, 0.15) is 53.4 Å². The van der Waals surface area contributed by atoms with Crippen LogP contribution in [-0.2, 0) is 4.79 Å². The van der Waals surface area contributed by atoms with E-state index in [-0.39, 0.29) is 11.9 Å². The number of nitrogens with one attached hydrogen (secondary N) is 1. The van der Waals surface area contributed by atoms with Gasteiger partial charge in [0.25, 0.3) is 0 Å². The Bertz CT molecular complexity index is 194. The molecule has 0 fully saturated rings. The zero-order chi connectivity index (χ0) is 12.6. The maximum Gasteiger partial charge on any atom is 0.220 e. The van der Waals surface area contributed by atoms with Crippen molar-refractivity contribution in [1.82, 2.24) is 5.32 Å². The fraction of sp³-hybridized carbons (Fsp3) is 0.923. The van der Waals surface area contributed by atoms with Gasteiger partial charge in [0.15, 0.2) is 0 Å². The molecule has 3 N–H and O–H groups in total. The first-order valence-corrected chi connectivity index (χ1v) is 6.49. The molecule has 0 aromatic heterocycles. The highest BCUT2D eigenvalue weighted by Crippen LogP contribution is 2.10. The lowest BCUT2D eigenvalue weighted by molar-refractivity contribution is -0.122. The van der Waals surface area contributed by atoms with Crippen LogP contribution in [0, 0.1) is 11.8 Å². The van der Waals surface area contributed by atoms with Gasteiger partial charge >= 0.3 is 0 Å². The Morgan fingerprint density at radius 2 is 1.88 bits per heavy atom. The summed E-state index contributed by atoms with van der Waals surface area (Å²) < 4.78 is 0. The van der Waals surface area contributed by atoms with Crippen LogP contribution >= 0.6 is 0 Å². The van der Waals surface area contributed by atoms with Crippen molar-refractivity contribution >= 4 is 5.91 Å². The Balaban J connectivity index is 3.70. The summed E-state index contributed by atoms with van der Waals surface area (Å²) in [6.45, 7) is 9.23. The molecule has 0 saturated heterocycles. The third-order valence-corrected chi connectivity index (χ3v) is 3.13. The fourth-order valence-corrected chi connectivity index (χ4v) is 1.67. The van der Waals surface area contributed by atoms with Crippen LogP contribution in [0.3, 0.4) is 0 Å². The standard InChI is InChI=1S/C13H28N2O/c1-5-10(2)8-12(4)15-13(16)7-6-11(3)9-14/h10-12H,5-9,14H2,1-4H3,(H,15,16). The predicted octanol–water partition coefficient (Wildman–Crippen LogP) is 2.30. The quantitative estimate of drug-likeness (QED) is 0.670. The summed E-state index contributed by atoms with van der Waals surface area (Å²) in [7, 11) is 0. The molecule has 0 rings (SSSR count). The van der Waals surface area contributed by atoms with Crippen LogP contribution in [0.5, 0.6) is 0 Å². The first-order chi connectivity index (χ1) is 7.49. The SMILES string of the molecule is CCC(C)CC(C)NC(=O)CCC(C)CN. The van der Waals surface area contributed by atoms with Gasteiger partial charge in [0.1, 0.15) is 0 Å². The van der Waals surface area contributed by atoms with E-state index in [0.717, 1.165) is 12.8 Å². The normalized spacial score (nSPS) is 16.6. The van der Waals surface area contributed by atoms with Crippen molar-refractivity contribution in [3.63, 3.8) is 0 Å². The van der Waals surface area contributed by atoms with Crippen molar-refractivity contribution in [3.05, 3.63) is 0 Å². The number of nitrogens with two attached hydrogens (primary N) is 1. The highest BCUT2D eigenvalue weighted by molar-refractivity contribution is 5.76. The molecular weight excluding hydrogens is 200 g/mol. The lowest BCUT2D eigenvalue weighted by Crippen LogP contribution is -2.34. The zero-order valence-electron chi connectivity index (χ0n) is 11.3. The summed E-state index contributed by atoms with van der Waals surface area (Å²) in [4.78, 5) is 11.6. The summed E-state index contributed by atoms with van der Waals surface area (Å²) >= 11 is 0. The molecule has 0 aliphatic heterocycles. The van der Waals surface area contributed by atoms with Crippen molar-refractivity contribution in [3.8, 4) is 0 Å². The lowest BCUT2D eigenvalue weighted by atomic mass is 10.00. The molecule has 96 valence electrons. The van der Waals surface area contributed by atoms with Gasteiger partial charge in [-0.25, -0.2) is 0 Å². The van der Waals surface area contributed by atoms with Gasteiger partial charge in [-0.2, -0.15) is 0 Å². The van der Waals surface area contributed by atoms with E-state index in [4.69, 9.17) is 5.73 Å². The number of hydrogen-bond acceptors (Lipinski definition) is 2. The molecule has 0 heterocycles. The molecule has 3 atom stereocenters. The molecule has 0 radical (unpaired) electrons. The molecule has 3 heteroatoms. The molecule has 0 aliphatic carbocycles. The van der Waals surface area contributed by atoms with E-state index in [0.29, 0.717) is 24.8 Å². The summed E-state index contributed by atoms with van der Waals surface area (Å²) in [5, 5.41) is 3.04. The van der Waals surface area contributed by atoms with Gasteiger partial charge in [0.05, 0.1) is 0 Å². The first-order valence-electron chi connectivity index (χ1n) is 6.49. The van der Waals surface area contributed by atoms with Gasteiger partial charge in [0, 0.05) is 12.5 Å². The average Bonchev–Trinajstić information content (AvgIpc) is 2.25. The maximum atomic E-state index is 11.6. The molecule has 0 aromatic carbocycles. The summed E-state index contributed by atoms with van der Waals surface area (Å²) in [5.41, 5.74) is 5.51. The number of carbonyl (C=O) groups excluding carboxylic acids is 1. The Morgan fingerprint density at radius 3 is 2.38 bits per heavy atom. The Kier molecular flexibility index (Phi) is 8.26. The number of amides is 1. The van der Waals surface area contributed by atoms with E-state index in [9.17, 15) is 4.79 Å². The topological polar surface area (TPSA) is 55.1 Å². The smallest absolute Gasteiger partial charge is 0.220 e. The Labute approximate surface area is 100 Å². The second-order valence-electron chi connectivity index (χ2n) is 5.10.